The van der Waals surface area contributed by atoms with E-state index in [1.54, 1.807) is 0 Å². The van der Waals surface area contributed by atoms with Crippen molar-refractivity contribution in [1.82, 2.24) is 14.5 Å². The molecule has 1 aliphatic carbocycles. The third kappa shape index (κ3) is 2.26. The minimum absolute atomic E-state index is 0.248. The first-order valence-corrected chi connectivity index (χ1v) is 8.77. The van der Waals surface area contributed by atoms with Gasteiger partial charge in [-0.15, -0.1) is 0 Å². The van der Waals surface area contributed by atoms with Gasteiger partial charge in [0, 0.05) is 12.5 Å². The van der Waals surface area contributed by atoms with Crippen LogP contribution in [0.4, 0.5) is 0 Å². The molecule has 1 aromatic carbocycles. The summed E-state index contributed by atoms with van der Waals surface area (Å²) in [5.41, 5.74) is 2.07. The predicted octanol–water partition coefficient (Wildman–Crippen LogP) is 2.46. The Bertz CT molecular complexity index is 781. The fourth-order valence-electron chi connectivity index (χ4n) is 3.96. The molecule has 24 heavy (non-hydrogen) atoms. The van der Waals surface area contributed by atoms with E-state index in [-0.39, 0.29) is 11.5 Å². The van der Waals surface area contributed by atoms with Gasteiger partial charge in [0.25, 0.3) is 0 Å². The lowest BCUT2D eigenvalue weighted by atomic mass is 10.0. The Hall–Kier alpha value is -2.14. The molecule has 0 bridgehead atoms. The highest BCUT2D eigenvalue weighted by Gasteiger charge is 2.46. The van der Waals surface area contributed by atoms with E-state index < -0.39 is 0 Å². The molecule has 5 heteroatoms. The van der Waals surface area contributed by atoms with Crippen molar-refractivity contribution in [3.05, 3.63) is 42.4 Å². The molecule has 1 aromatic heterocycles. The van der Waals surface area contributed by atoms with E-state index in [0.29, 0.717) is 19.1 Å². The second kappa shape index (κ2) is 5.18. The average Bonchev–Trinajstić information content (AvgIpc) is 3.27. The number of benzene rings is 1. The SMILES string of the molecule is O=C(C1CC1)N1CC[C@]2(C1)Cn1c(-c3ccccc3)cnc1CO2. The number of hydrogen-bond acceptors (Lipinski definition) is 3. The second-order valence-corrected chi connectivity index (χ2v) is 7.27. The number of fused-ring (bicyclic) bond motifs is 1. The Morgan fingerprint density at radius 1 is 1.21 bits per heavy atom. The smallest absolute Gasteiger partial charge is 0.225 e. The maximum atomic E-state index is 12.4. The van der Waals surface area contributed by atoms with Crippen molar-refractivity contribution in [1.29, 1.82) is 0 Å². The highest BCUT2D eigenvalue weighted by molar-refractivity contribution is 5.81. The summed E-state index contributed by atoms with van der Waals surface area (Å²) < 4.78 is 8.49. The van der Waals surface area contributed by atoms with Crippen molar-refractivity contribution in [2.75, 3.05) is 13.1 Å². The fourth-order valence-corrected chi connectivity index (χ4v) is 3.96. The van der Waals surface area contributed by atoms with Crippen LogP contribution in [-0.4, -0.2) is 39.0 Å². The monoisotopic (exact) mass is 323 g/mol. The van der Waals surface area contributed by atoms with Crippen molar-refractivity contribution in [3.8, 4) is 11.3 Å². The minimum atomic E-state index is -0.248. The number of imidazole rings is 1. The zero-order chi connectivity index (χ0) is 16.1. The van der Waals surface area contributed by atoms with E-state index in [4.69, 9.17) is 4.74 Å². The third-order valence-electron chi connectivity index (χ3n) is 5.52. The van der Waals surface area contributed by atoms with Gasteiger partial charge in [0.1, 0.15) is 18.0 Å². The van der Waals surface area contributed by atoms with Crippen LogP contribution in [0.2, 0.25) is 0 Å². The van der Waals surface area contributed by atoms with E-state index in [2.05, 4.69) is 33.8 Å². The minimum Gasteiger partial charge on any atom is -0.363 e. The van der Waals surface area contributed by atoms with E-state index in [1.165, 1.54) is 5.56 Å². The second-order valence-electron chi connectivity index (χ2n) is 7.27. The van der Waals surface area contributed by atoms with Gasteiger partial charge in [-0.3, -0.25) is 4.79 Å². The molecular weight excluding hydrogens is 302 g/mol. The number of aromatic nitrogens is 2. The summed E-state index contributed by atoms with van der Waals surface area (Å²) in [4.78, 5) is 18.9. The van der Waals surface area contributed by atoms with Crippen LogP contribution in [-0.2, 0) is 22.7 Å². The predicted molar refractivity (Wildman–Crippen MR) is 89.1 cm³/mol. The molecule has 2 aliphatic heterocycles. The van der Waals surface area contributed by atoms with Crippen molar-refractivity contribution in [2.24, 2.45) is 5.92 Å². The molecule has 5 nitrogen and oxygen atoms in total. The summed E-state index contributed by atoms with van der Waals surface area (Å²) in [7, 11) is 0. The summed E-state index contributed by atoms with van der Waals surface area (Å²) in [6, 6.07) is 10.4. The molecule has 1 spiro atoms. The van der Waals surface area contributed by atoms with Crippen LogP contribution in [0.15, 0.2) is 36.5 Å². The zero-order valence-corrected chi connectivity index (χ0v) is 13.6. The first-order chi connectivity index (χ1) is 11.7. The quantitative estimate of drug-likeness (QED) is 0.853. The van der Waals surface area contributed by atoms with E-state index in [0.717, 1.165) is 43.9 Å². The van der Waals surface area contributed by atoms with Crippen molar-refractivity contribution >= 4 is 5.91 Å². The van der Waals surface area contributed by atoms with Gasteiger partial charge in [-0.1, -0.05) is 30.3 Å². The van der Waals surface area contributed by atoms with Crippen molar-refractivity contribution < 1.29 is 9.53 Å². The fraction of sp³-hybridized carbons (Fsp3) is 0.474. The van der Waals surface area contributed by atoms with Crippen LogP contribution in [0.5, 0.6) is 0 Å². The van der Waals surface area contributed by atoms with E-state index in [9.17, 15) is 4.79 Å². The molecule has 5 rings (SSSR count). The lowest BCUT2D eigenvalue weighted by molar-refractivity contribution is -0.134. The molecule has 124 valence electrons. The largest absolute Gasteiger partial charge is 0.363 e. The number of hydrogen-bond donors (Lipinski definition) is 0. The van der Waals surface area contributed by atoms with Gasteiger partial charge in [-0.2, -0.15) is 0 Å². The maximum absolute atomic E-state index is 12.4. The van der Waals surface area contributed by atoms with Crippen LogP contribution >= 0.6 is 0 Å². The summed E-state index contributed by atoms with van der Waals surface area (Å²) in [6.45, 7) is 2.84. The number of ether oxygens (including phenoxy) is 1. The molecule has 1 saturated heterocycles. The van der Waals surface area contributed by atoms with E-state index >= 15 is 0 Å². The maximum Gasteiger partial charge on any atom is 0.225 e. The topological polar surface area (TPSA) is 47.4 Å². The molecule has 0 unspecified atom stereocenters. The Labute approximate surface area is 141 Å². The van der Waals surface area contributed by atoms with Crippen molar-refractivity contribution in [2.45, 2.75) is 38.0 Å². The van der Waals surface area contributed by atoms with Gasteiger partial charge in [0.2, 0.25) is 5.91 Å². The van der Waals surface area contributed by atoms with Gasteiger partial charge in [-0.05, 0) is 24.8 Å². The van der Waals surface area contributed by atoms with Crippen LogP contribution in [0.25, 0.3) is 11.3 Å². The normalized spacial score (nSPS) is 25.9. The van der Waals surface area contributed by atoms with Gasteiger partial charge in [0.05, 0.1) is 25.0 Å². The molecule has 3 heterocycles. The average molecular weight is 323 g/mol. The summed E-state index contributed by atoms with van der Waals surface area (Å²) >= 11 is 0. The first-order valence-electron chi connectivity index (χ1n) is 8.77. The molecule has 1 amide bonds. The zero-order valence-electron chi connectivity index (χ0n) is 13.6. The Balaban J connectivity index is 1.42. The Morgan fingerprint density at radius 2 is 2.04 bits per heavy atom. The summed E-state index contributed by atoms with van der Waals surface area (Å²) in [5, 5.41) is 0. The first kappa shape index (κ1) is 14.2. The number of rotatable bonds is 2. The number of amides is 1. The molecule has 0 radical (unpaired) electrons. The van der Waals surface area contributed by atoms with Crippen LogP contribution in [0, 0.1) is 5.92 Å². The van der Waals surface area contributed by atoms with Crippen LogP contribution in [0.3, 0.4) is 0 Å². The number of carbonyl (C=O) groups is 1. The van der Waals surface area contributed by atoms with Gasteiger partial charge in [0.15, 0.2) is 0 Å². The van der Waals surface area contributed by atoms with Gasteiger partial charge >= 0.3 is 0 Å². The molecule has 1 atom stereocenters. The van der Waals surface area contributed by atoms with Crippen LogP contribution < -0.4 is 0 Å². The Morgan fingerprint density at radius 3 is 2.83 bits per heavy atom. The standard InChI is InChI=1S/C19H21N3O2/c23-18(15-6-7-15)21-9-8-19(12-21)13-22-16(10-20-17(22)11-24-19)14-4-2-1-3-5-14/h1-5,10,15H,6-9,11-13H2/t19-/m0/s1. The third-order valence-corrected chi connectivity index (χ3v) is 5.52. The molecule has 2 fully saturated rings. The Kier molecular flexibility index (Phi) is 3.07. The lowest BCUT2D eigenvalue weighted by Crippen LogP contribution is -2.45. The molecule has 3 aliphatic rings. The van der Waals surface area contributed by atoms with Crippen molar-refractivity contribution in [3.63, 3.8) is 0 Å². The highest BCUT2D eigenvalue weighted by Crippen LogP contribution is 2.38. The molecule has 1 saturated carbocycles. The van der Waals surface area contributed by atoms with Gasteiger partial charge in [-0.25, -0.2) is 4.98 Å². The number of carbonyl (C=O) groups excluding carboxylic acids is 1. The van der Waals surface area contributed by atoms with Crippen LogP contribution in [0.1, 0.15) is 25.1 Å². The summed E-state index contributed by atoms with van der Waals surface area (Å²) in [6.07, 6.45) is 4.98. The molecular formula is C19H21N3O2. The van der Waals surface area contributed by atoms with E-state index in [1.807, 2.05) is 17.2 Å². The number of nitrogens with zero attached hydrogens (tertiary/aromatic N) is 3. The molecule has 0 N–H and O–H groups in total. The highest BCUT2D eigenvalue weighted by atomic mass is 16.5. The number of likely N-dealkylation sites (tertiary alicyclic amines) is 1. The van der Waals surface area contributed by atoms with Gasteiger partial charge < -0.3 is 14.2 Å². The lowest BCUT2D eigenvalue weighted by Gasteiger charge is -2.35. The molecule has 2 aromatic rings. The summed E-state index contributed by atoms with van der Waals surface area (Å²) in [5.74, 6) is 1.59.